The number of benzene rings is 1. The van der Waals surface area contributed by atoms with Crippen molar-refractivity contribution in [3.05, 3.63) is 74.8 Å². The number of hydrogen-bond donors (Lipinski definition) is 2. The first-order valence-electron chi connectivity index (χ1n) is 10.8. The number of piperidine rings is 1. The molecule has 2 bridgehead atoms. The van der Waals surface area contributed by atoms with Crippen LogP contribution in [-0.2, 0) is 6.54 Å². The molecule has 8 nitrogen and oxygen atoms in total. The molecule has 33 heavy (non-hydrogen) atoms. The molecule has 1 fully saturated rings. The Morgan fingerprint density at radius 1 is 1.03 bits per heavy atom. The molecule has 2 aromatic heterocycles. The quantitative estimate of drug-likeness (QED) is 0.614. The van der Waals surface area contributed by atoms with Crippen LogP contribution in [0, 0.1) is 5.92 Å². The van der Waals surface area contributed by atoms with E-state index in [9.17, 15) is 14.4 Å². The summed E-state index contributed by atoms with van der Waals surface area (Å²) in [5.74, 6) is 0.709. The van der Waals surface area contributed by atoms with Gasteiger partial charge in [-0.05, 0) is 60.2 Å². The van der Waals surface area contributed by atoms with Gasteiger partial charge in [-0.15, -0.1) is 11.3 Å². The number of pyridine rings is 1. The molecule has 3 amide bonds. The predicted molar refractivity (Wildman–Crippen MR) is 127 cm³/mol. The zero-order valence-electron chi connectivity index (χ0n) is 18.1. The van der Waals surface area contributed by atoms with Crippen LogP contribution in [0.3, 0.4) is 0 Å². The SMILES string of the molecule is COc1ccc(NC(=O)N2CC3CC(C2)c2ccc(NC(=O)c4cccs4)c(=O)n2C3)cc1. The van der Waals surface area contributed by atoms with Crippen LogP contribution in [0.1, 0.15) is 27.7 Å². The van der Waals surface area contributed by atoms with Gasteiger partial charge in [0.1, 0.15) is 11.4 Å². The number of likely N-dealkylation sites (tertiary alicyclic amines) is 1. The van der Waals surface area contributed by atoms with Gasteiger partial charge in [0, 0.05) is 36.9 Å². The largest absolute Gasteiger partial charge is 0.497 e. The number of methoxy groups -OCH3 is 1. The molecule has 0 spiro atoms. The fraction of sp³-hybridized carbons (Fsp3) is 0.292. The van der Waals surface area contributed by atoms with E-state index in [4.69, 9.17) is 4.74 Å². The lowest BCUT2D eigenvalue weighted by Gasteiger charge is -2.42. The van der Waals surface area contributed by atoms with Crippen molar-refractivity contribution >= 4 is 34.6 Å². The number of thiophene rings is 1. The van der Waals surface area contributed by atoms with Crippen LogP contribution in [0.25, 0.3) is 0 Å². The molecular weight excluding hydrogens is 440 g/mol. The summed E-state index contributed by atoms with van der Waals surface area (Å²) in [5, 5.41) is 7.52. The lowest BCUT2D eigenvalue weighted by molar-refractivity contribution is 0.103. The highest BCUT2D eigenvalue weighted by Crippen LogP contribution is 2.35. The molecular formula is C24H24N4O4S. The second-order valence-electron chi connectivity index (χ2n) is 8.38. The molecule has 9 heteroatoms. The number of hydrogen-bond acceptors (Lipinski definition) is 5. The van der Waals surface area contributed by atoms with Gasteiger partial charge in [-0.3, -0.25) is 9.59 Å². The number of nitrogens with one attached hydrogen (secondary N) is 2. The molecule has 0 radical (unpaired) electrons. The van der Waals surface area contributed by atoms with E-state index in [0.717, 1.165) is 17.9 Å². The number of aromatic nitrogens is 1. The Balaban J connectivity index is 1.31. The van der Waals surface area contributed by atoms with Crippen molar-refractivity contribution in [2.75, 3.05) is 30.8 Å². The maximum absolute atomic E-state index is 13.1. The summed E-state index contributed by atoms with van der Waals surface area (Å²) in [7, 11) is 1.60. The van der Waals surface area contributed by atoms with Gasteiger partial charge in [0.05, 0.1) is 12.0 Å². The Bertz CT molecular complexity index is 1240. The number of fused-ring (bicyclic) bond motifs is 4. The van der Waals surface area contributed by atoms with Crippen LogP contribution in [-0.4, -0.2) is 41.6 Å². The van der Waals surface area contributed by atoms with E-state index < -0.39 is 0 Å². The molecule has 170 valence electrons. The minimum atomic E-state index is -0.278. The highest BCUT2D eigenvalue weighted by atomic mass is 32.1. The van der Waals surface area contributed by atoms with Crippen molar-refractivity contribution in [1.29, 1.82) is 0 Å². The number of anilines is 2. The number of urea groups is 1. The van der Waals surface area contributed by atoms with Gasteiger partial charge in [-0.2, -0.15) is 0 Å². The zero-order chi connectivity index (χ0) is 22.9. The Hall–Kier alpha value is -3.59. The second-order valence-corrected chi connectivity index (χ2v) is 9.33. The van der Waals surface area contributed by atoms with E-state index in [1.807, 2.05) is 28.5 Å². The van der Waals surface area contributed by atoms with E-state index in [0.29, 0.717) is 30.2 Å². The highest BCUT2D eigenvalue weighted by molar-refractivity contribution is 7.12. The second kappa shape index (κ2) is 8.74. The molecule has 2 aliphatic heterocycles. The average molecular weight is 465 g/mol. The molecule has 2 unspecified atom stereocenters. The first kappa shape index (κ1) is 21.3. The molecule has 2 N–H and O–H groups in total. The molecule has 4 heterocycles. The van der Waals surface area contributed by atoms with Crippen LogP contribution < -0.4 is 20.9 Å². The van der Waals surface area contributed by atoms with Crippen LogP contribution in [0.4, 0.5) is 16.2 Å². The normalized spacial score (nSPS) is 18.9. The van der Waals surface area contributed by atoms with Crippen LogP contribution in [0.5, 0.6) is 5.75 Å². The van der Waals surface area contributed by atoms with E-state index in [1.54, 1.807) is 42.0 Å². The number of amides is 3. The van der Waals surface area contributed by atoms with Crippen LogP contribution >= 0.6 is 11.3 Å². The summed E-state index contributed by atoms with van der Waals surface area (Å²) in [6.07, 6.45) is 0.937. The topological polar surface area (TPSA) is 92.7 Å². The van der Waals surface area contributed by atoms with Crippen molar-refractivity contribution in [2.45, 2.75) is 18.9 Å². The minimum Gasteiger partial charge on any atom is -0.497 e. The Labute approximate surface area is 194 Å². The molecule has 2 atom stereocenters. The fourth-order valence-corrected chi connectivity index (χ4v) is 5.29. The summed E-state index contributed by atoms with van der Waals surface area (Å²) >= 11 is 1.33. The van der Waals surface area contributed by atoms with Gasteiger partial charge in [0.2, 0.25) is 0 Å². The minimum absolute atomic E-state index is 0.0777. The van der Waals surface area contributed by atoms with Gasteiger partial charge in [0.25, 0.3) is 11.5 Å². The maximum Gasteiger partial charge on any atom is 0.321 e. The Morgan fingerprint density at radius 2 is 1.85 bits per heavy atom. The van der Waals surface area contributed by atoms with Gasteiger partial charge in [-0.25, -0.2) is 4.79 Å². The molecule has 0 saturated carbocycles. The fourth-order valence-electron chi connectivity index (χ4n) is 4.68. The van der Waals surface area contributed by atoms with E-state index in [1.165, 1.54) is 11.3 Å². The third-order valence-corrected chi connectivity index (χ3v) is 7.09. The summed E-state index contributed by atoms with van der Waals surface area (Å²) < 4.78 is 6.92. The van der Waals surface area contributed by atoms with Crippen molar-refractivity contribution in [2.24, 2.45) is 5.92 Å². The molecule has 1 saturated heterocycles. The number of ether oxygens (including phenoxy) is 1. The van der Waals surface area contributed by atoms with Crippen molar-refractivity contribution < 1.29 is 14.3 Å². The summed E-state index contributed by atoms with van der Waals surface area (Å²) in [6.45, 7) is 1.65. The van der Waals surface area contributed by atoms with Crippen molar-refractivity contribution in [1.82, 2.24) is 9.47 Å². The molecule has 2 aliphatic rings. The van der Waals surface area contributed by atoms with Gasteiger partial charge in [0.15, 0.2) is 0 Å². The standard InChI is InChI=1S/C24H24N4O4S/c1-32-18-6-4-17(5-7-18)25-24(31)27-12-15-11-16(14-27)20-9-8-19(23(30)28(20)13-15)26-22(29)21-3-2-10-33-21/h2-10,15-16H,11-14H2,1H3,(H,25,31)(H,26,29). The molecule has 3 aromatic rings. The smallest absolute Gasteiger partial charge is 0.321 e. The lowest BCUT2D eigenvalue weighted by atomic mass is 9.83. The molecule has 5 rings (SSSR count). The Morgan fingerprint density at radius 3 is 2.58 bits per heavy atom. The van der Waals surface area contributed by atoms with Gasteiger partial charge < -0.3 is 24.8 Å². The number of carbonyl (C=O) groups is 2. The Kier molecular flexibility index (Phi) is 5.63. The maximum atomic E-state index is 13.1. The van der Waals surface area contributed by atoms with E-state index >= 15 is 0 Å². The first-order chi connectivity index (χ1) is 16.0. The summed E-state index contributed by atoms with van der Waals surface area (Å²) in [5.41, 5.74) is 1.71. The number of carbonyl (C=O) groups excluding carboxylic acids is 2. The average Bonchev–Trinajstić information content (AvgIpc) is 3.37. The monoisotopic (exact) mass is 464 g/mol. The third-order valence-electron chi connectivity index (χ3n) is 6.23. The van der Waals surface area contributed by atoms with Gasteiger partial charge >= 0.3 is 6.03 Å². The highest BCUT2D eigenvalue weighted by Gasteiger charge is 2.36. The van der Waals surface area contributed by atoms with Crippen LogP contribution in [0.15, 0.2) is 58.7 Å². The number of rotatable bonds is 4. The van der Waals surface area contributed by atoms with E-state index in [-0.39, 0.29) is 35.0 Å². The van der Waals surface area contributed by atoms with Crippen molar-refractivity contribution in [3.8, 4) is 5.75 Å². The predicted octanol–water partition coefficient (Wildman–Crippen LogP) is 3.82. The number of nitrogens with zero attached hydrogens (tertiary/aromatic N) is 2. The molecule has 1 aromatic carbocycles. The summed E-state index contributed by atoms with van der Waals surface area (Å²) in [6, 6.07) is 14.2. The van der Waals surface area contributed by atoms with E-state index in [2.05, 4.69) is 10.6 Å². The molecule has 0 aliphatic carbocycles. The lowest BCUT2D eigenvalue weighted by Crippen LogP contribution is -2.50. The van der Waals surface area contributed by atoms with Crippen LogP contribution in [0.2, 0.25) is 0 Å². The summed E-state index contributed by atoms with van der Waals surface area (Å²) in [4.78, 5) is 40.8. The van der Waals surface area contributed by atoms with Gasteiger partial charge in [-0.1, -0.05) is 6.07 Å². The van der Waals surface area contributed by atoms with Crippen molar-refractivity contribution in [3.63, 3.8) is 0 Å². The third kappa shape index (κ3) is 4.23. The zero-order valence-corrected chi connectivity index (χ0v) is 18.9. The first-order valence-corrected chi connectivity index (χ1v) is 11.7.